The lowest BCUT2D eigenvalue weighted by molar-refractivity contribution is -0.140. The van der Waals surface area contributed by atoms with Crippen LogP contribution in [0, 0.1) is 5.92 Å². The maximum absolute atomic E-state index is 12.5. The van der Waals surface area contributed by atoms with Crippen LogP contribution in [0.15, 0.2) is 58.6 Å². The van der Waals surface area contributed by atoms with Gasteiger partial charge >= 0.3 is 11.9 Å². The first-order chi connectivity index (χ1) is 14.4. The molecule has 5 rings (SSSR count). The highest BCUT2D eigenvalue weighted by molar-refractivity contribution is 5.92. The largest absolute Gasteiger partial charge is 0.455 e. The minimum atomic E-state index is -0.483. The van der Waals surface area contributed by atoms with Gasteiger partial charge in [0.05, 0.1) is 5.60 Å². The Kier molecular flexibility index (Phi) is 4.54. The Morgan fingerprint density at radius 3 is 3.00 bits per heavy atom. The molecule has 2 aliphatic heterocycles. The van der Waals surface area contributed by atoms with E-state index >= 15 is 0 Å². The Morgan fingerprint density at radius 1 is 1.33 bits per heavy atom. The highest BCUT2D eigenvalue weighted by Gasteiger charge is 2.61. The number of benzene rings is 1. The summed E-state index contributed by atoms with van der Waals surface area (Å²) in [7, 11) is 0. The Bertz CT molecular complexity index is 1030. The maximum atomic E-state index is 12.5. The summed E-state index contributed by atoms with van der Waals surface area (Å²) in [6.45, 7) is 6.18. The van der Waals surface area contributed by atoms with Crippen LogP contribution in [0.4, 0.5) is 0 Å². The molecule has 3 heterocycles. The second-order valence-corrected chi connectivity index (χ2v) is 8.52. The van der Waals surface area contributed by atoms with Gasteiger partial charge < -0.3 is 18.6 Å². The SMILES string of the molecule is C=C1C(=O)O[C@@H]2[C@H]3O[C@]3(C)CC/C=C(/COC(=O)c3cc4ccccc4o3)CC[C@@H]12. The van der Waals surface area contributed by atoms with Gasteiger partial charge in [0, 0.05) is 16.9 Å². The third-order valence-corrected chi connectivity index (χ3v) is 6.45. The first kappa shape index (κ1) is 19.1. The van der Waals surface area contributed by atoms with E-state index in [0.717, 1.165) is 23.8 Å². The molecule has 0 bridgehead atoms. The highest BCUT2D eigenvalue weighted by atomic mass is 16.6. The van der Waals surface area contributed by atoms with Gasteiger partial charge in [-0.15, -0.1) is 0 Å². The highest BCUT2D eigenvalue weighted by Crippen LogP contribution is 2.49. The fourth-order valence-electron chi connectivity index (χ4n) is 4.56. The van der Waals surface area contributed by atoms with E-state index in [0.29, 0.717) is 24.0 Å². The minimum absolute atomic E-state index is 0.0634. The molecule has 30 heavy (non-hydrogen) atoms. The van der Waals surface area contributed by atoms with Gasteiger partial charge in [0.2, 0.25) is 5.76 Å². The Labute approximate surface area is 174 Å². The Morgan fingerprint density at radius 2 is 2.17 bits per heavy atom. The van der Waals surface area contributed by atoms with Crippen molar-refractivity contribution in [3.05, 3.63) is 59.9 Å². The summed E-state index contributed by atoms with van der Waals surface area (Å²) < 4.78 is 22.6. The van der Waals surface area contributed by atoms with Crippen LogP contribution in [-0.4, -0.2) is 36.4 Å². The maximum Gasteiger partial charge on any atom is 0.374 e. The lowest BCUT2D eigenvalue weighted by atomic mass is 9.84. The predicted molar refractivity (Wildman–Crippen MR) is 109 cm³/mol. The van der Waals surface area contributed by atoms with Crippen molar-refractivity contribution in [2.45, 2.75) is 50.4 Å². The van der Waals surface area contributed by atoms with Crippen LogP contribution in [0.3, 0.4) is 0 Å². The van der Waals surface area contributed by atoms with Crippen molar-refractivity contribution >= 4 is 22.9 Å². The molecule has 2 fully saturated rings. The number of carbonyl (C=O) groups is 2. The quantitative estimate of drug-likeness (QED) is 0.325. The zero-order valence-electron chi connectivity index (χ0n) is 16.9. The van der Waals surface area contributed by atoms with E-state index in [1.54, 1.807) is 6.07 Å². The predicted octanol–water partition coefficient (Wildman–Crippen LogP) is 4.35. The van der Waals surface area contributed by atoms with Crippen LogP contribution in [-0.2, 0) is 19.0 Å². The van der Waals surface area contributed by atoms with E-state index in [1.807, 2.05) is 24.3 Å². The first-order valence-electron chi connectivity index (χ1n) is 10.4. The normalized spacial score (nSPS) is 32.6. The molecule has 0 radical (unpaired) electrons. The van der Waals surface area contributed by atoms with Crippen molar-refractivity contribution in [3.63, 3.8) is 0 Å². The molecule has 6 heteroatoms. The molecule has 1 aliphatic carbocycles. The van der Waals surface area contributed by atoms with Crippen LogP contribution >= 0.6 is 0 Å². The average molecular weight is 408 g/mol. The number of epoxide rings is 1. The van der Waals surface area contributed by atoms with Gasteiger partial charge in [0.15, 0.2) is 0 Å². The van der Waals surface area contributed by atoms with Crippen molar-refractivity contribution in [3.8, 4) is 0 Å². The van der Waals surface area contributed by atoms with Crippen molar-refractivity contribution in [1.29, 1.82) is 0 Å². The fourth-order valence-corrected chi connectivity index (χ4v) is 4.56. The third-order valence-electron chi connectivity index (χ3n) is 6.45. The molecule has 3 aliphatic rings. The Hall–Kier alpha value is -2.86. The van der Waals surface area contributed by atoms with Crippen LogP contribution in [0.5, 0.6) is 0 Å². The first-order valence-corrected chi connectivity index (χ1v) is 10.4. The number of ether oxygens (including phenoxy) is 3. The van der Waals surface area contributed by atoms with E-state index in [2.05, 4.69) is 19.6 Å². The molecular formula is C24H24O6. The smallest absolute Gasteiger partial charge is 0.374 e. The summed E-state index contributed by atoms with van der Waals surface area (Å²) >= 11 is 0. The average Bonchev–Trinajstić information content (AvgIpc) is 3.07. The van der Waals surface area contributed by atoms with Crippen LogP contribution in [0.2, 0.25) is 0 Å². The van der Waals surface area contributed by atoms with E-state index in [-0.39, 0.29) is 42.1 Å². The van der Waals surface area contributed by atoms with Crippen molar-refractivity contribution < 1.29 is 28.2 Å². The lowest BCUT2D eigenvalue weighted by Gasteiger charge is -2.20. The number of esters is 2. The number of hydrogen-bond donors (Lipinski definition) is 0. The van der Waals surface area contributed by atoms with Gasteiger partial charge in [0.1, 0.15) is 24.4 Å². The molecule has 2 saturated heterocycles. The van der Waals surface area contributed by atoms with Gasteiger partial charge in [-0.25, -0.2) is 9.59 Å². The monoisotopic (exact) mass is 408 g/mol. The van der Waals surface area contributed by atoms with Gasteiger partial charge in [0.25, 0.3) is 0 Å². The minimum Gasteiger partial charge on any atom is -0.455 e. The number of hydrogen-bond acceptors (Lipinski definition) is 6. The number of furan rings is 1. The fraction of sp³-hybridized carbons (Fsp3) is 0.417. The summed E-state index contributed by atoms with van der Waals surface area (Å²) in [6, 6.07) is 9.16. The van der Waals surface area contributed by atoms with Crippen molar-refractivity contribution in [1.82, 2.24) is 0 Å². The molecule has 1 aromatic heterocycles. The topological polar surface area (TPSA) is 78.3 Å². The zero-order valence-corrected chi connectivity index (χ0v) is 16.9. The van der Waals surface area contributed by atoms with Crippen LogP contribution in [0.25, 0.3) is 11.0 Å². The summed E-state index contributed by atoms with van der Waals surface area (Å²) in [4.78, 5) is 24.5. The van der Waals surface area contributed by atoms with Crippen molar-refractivity contribution in [2.24, 2.45) is 5.92 Å². The third kappa shape index (κ3) is 3.35. The summed E-state index contributed by atoms with van der Waals surface area (Å²) in [6.07, 6.45) is 4.84. The Balaban J connectivity index is 1.28. The molecule has 4 atom stereocenters. The second-order valence-electron chi connectivity index (χ2n) is 8.52. The zero-order chi connectivity index (χ0) is 20.9. The number of rotatable bonds is 3. The summed E-state index contributed by atoms with van der Waals surface area (Å²) in [5.74, 6) is -0.689. The number of fused-ring (bicyclic) bond motifs is 4. The molecule has 0 saturated carbocycles. The molecule has 6 nitrogen and oxygen atoms in total. The number of carbonyl (C=O) groups excluding carboxylic acids is 2. The van der Waals surface area contributed by atoms with Gasteiger partial charge in [-0.1, -0.05) is 30.9 Å². The van der Waals surface area contributed by atoms with Gasteiger partial charge in [-0.3, -0.25) is 0 Å². The molecule has 156 valence electrons. The summed E-state index contributed by atoms with van der Waals surface area (Å²) in [5.41, 5.74) is 1.91. The number of allylic oxidation sites excluding steroid dienone is 1. The summed E-state index contributed by atoms with van der Waals surface area (Å²) in [5, 5.41) is 0.866. The van der Waals surface area contributed by atoms with Gasteiger partial charge in [-0.2, -0.15) is 0 Å². The standard InChI is InChI=1S/C24H24O6/c1-14-17-10-9-15(6-5-11-24(2)21(30-24)20(17)29-22(14)25)13-27-23(26)19-12-16-7-3-4-8-18(16)28-19/h3-4,6-8,12,17,20-21H,1,5,9-11,13H2,2H3/b15-6+/t17-,20-,21+,24+/m0/s1. The van der Waals surface area contributed by atoms with Crippen molar-refractivity contribution in [2.75, 3.05) is 6.61 Å². The molecule has 2 aromatic rings. The van der Waals surface area contributed by atoms with E-state index < -0.39 is 5.97 Å². The molecule has 0 N–H and O–H groups in total. The molecule has 1 aromatic carbocycles. The molecule has 0 amide bonds. The van der Waals surface area contributed by atoms with E-state index in [1.165, 1.54) is 0 Å². The van der Waals surface area contributed by atoms with Crippen LogP contribution < -0.4 is 0 Å². The number of para-hydroxylation sites is 1. The van der Waals surface area contributed by atoms with Gasteiger partial charge in [-0.05, 0) is 50.3 Å². The molecule has 0 spiro atoms. The van der Waals surface area contributed by atoms with E-state index in [9.17, 15) is 9.59 Å². The van der Waals surface area contributed by atoms with E-state index in [4.69, 9.17) is 18.6 Å². The molecule has 0 unspecified atom stereocenters. The van der Waals surface area contributed by atoms with Crippen LogP contribution in [0.1, 0.15) is 43.2 Å². The molecular weight excluding hydrogens is 384 g/mol. The second kappa shape index (κ2) is 7.13. The lowest BCUT2D eigenvalue weighted by Crippen LogP contribution is -2.29.